The molecule has 3 rings (SSSR count). The molecule has 1 aliphatic carbocycles. The fraction of sp³-hybridized carbons (Fsp3) is 0.214. The van der Waals surface area contributed by atoms with E-state index >= 15 is 0 Å². The van der Waals surface area contributed by atoms with Crippen LogP contribution in [0.5, 0.6) is 0 Å². The lowest BCUT2D eigenvalue weighted by atomic mass is 9.96. The van der Waals surface area contributed by atoms with Gasteiger partial charge in [-0.3, -0.25) is 0 Å². The first kappa shape index (κ1) is 8.49. The van der Waals surface area contributed by atoms with Gasteiger partial charge in [-0.1, -0.05) is 30.3 Å². The molecular weight excluding hydrogens is 182 g/mol. The number of benzene rings is 2. The topological polar surface area (TPSA) is 23.8 Å². The van der Waals surface area contributed by atoms with E-state index in [1.165, 1.54) is 22.9 Å². The van der Waals surface area contributed by atoms with Crippen LogP contribution in [-0.4, -0.2) is 0 Å². The van der Waals surface area contributed by atoms with Crippen LogP contribution in [0.3, 0.4) is 0 Å². The molecule has 0 atom stereocenters. The van der Waals surface area contributed by atoms with E-state index < -0.39 is 0 Å². The highest BCUT2D eigenvalue weighted by atomic mass is 14.3. The van der Waals surface area contributed by atoms with Crippen molar-refractivity contribution in [3.63, 3.8) is 0 Å². The van der Waals surface area contributed by atoms with Gasteiger partial charge in [-0.05, 0) is 41.2 Å². The van der Waals surface area contributed by atoms with Crippen LogP contribution in [0, 0.1) is 11.3 Å². The van der Waals surface area contributed by atoms with Gasteiger partial charge in [0.25, 0.3) is 0 Å². The van der Waals surface area contributed by atoms with E-state index in [0.29, 0.717) is 0 Å². The van der Waals surface area contributed by atoms with Gasteiger partial charge in [0.05, 0.1) is 5.56 Å². The molecule has 1 heteroatoms. The second-order valence-electron chi connectivity index (χ2n) is 4.08. The second kappa shape index (κ2) is 3.10. The molecule has 1 aliphatic rings. The van der Waals surface area contributed by atoms with Crippen LogP contribution in [0.25, 0.3) is 10.8 Å². The maximum absolute atomic E-state index is 9.25. The zero-order valence-electron chi connectivity index (χ0n) is 8.46. The number of fused-ring (bicyclic) bond motifs is 2. The minimum absolute atomic E-state index is 0.903. The van der Waals surface area contributed by atoms with Crippen LogP contribution in [0.1, 0.15) is 23.1 Å². The summed E-state index contributed by atoms with van der Waals surface area (Å²) >= 11 is 0. The molecule has 15 heavy (non-hydrogen) atoms. The Labute approximate surface area is 89.0 Å². The van der Waals surface area contributed by atoms with E-state index in [4.69, 9.17) is 0 Å². The quantitative estimate of drug-likeness (QED) is 0.630. The van der Waals surface area contributed by atoms with E-state index in [0.717, 1.165) is 23.8 Å². The number of aryl methyl sites for hydroxylation is 1. The summed E-state index contributed by atoms with van der Waals surface area (Å²) in [6, 6.07) is 12.8. The fourth-order valence-electron chi connectivity index (χ4n) is 2.54. The molecule has 0 unspecified atom stereocenters. The van der Waals surface area contributed by atoms with Gasteiger partial charge in [-0.25, -0.2) is 0 Å². The minimum atomic E-state index is 0.903. The number of rotatable bonds is 0. The molecular formula is C14H11N. The van der Waals surface area contributed by atoms with Gasteiger partial charge in [0.1, 0.15) is 6.07 Å². The Hall–Kier alpha value is -1.81. The van der Waals surface area contributed by atoms with Gasteiger partial charge in [-0.15, -0.1) is 0 Å². The first-order valence-electron chi connectivity index (χ1n) is 5.34. The highest BCUT2D eigenvalue weighted by Crippen LogP contribution is 2.31. The van der Waals surface area contributed by atoms with E-state index in [2.05, 4.69) is 18.2 Å². The molecule has 0 fully saturated rings. The zero-order chi connectivity index (χ0) is 10.3. The maximum atomic E-state index is 9.25. The van der Waals surface area contributed by atoms with Crippen LogP contribution >= 0.6 is 0 Å². The molecule has 0 aliphatic heterocycles. The molecule has 1 nitrogen and oxygen atoms in total. The van der Waals surface area contributed by atoms with Crippen LogP contribution < -0.4 is 0 Å². The van der Waals surface area contributed by atoms with Gasteiger partial charge in [-0.2, -0.15) is 5.26 Å². The number of nitrogens with zero attached hydrogens (tertiary/aromatic N) is 1. The molecule has 2 aromatic carbocycles. The van der Waals surface area contributed by atoms with Crippen LogP contribution in [0.15, 0.2) is 30.3 Å². The molecule has 0 bridgehead atoms. The Morgan fingerprint density at radius 1 is 1.13 bits per heavy atom. The second-order valence-corrected chi connectivity index (χ2v) is 4.08. The molecule has 0 aromatic heterocycles. The molecule has 0 saturated heterocycles. The lowest BCUT2D eigenvalue weighted by Gasteiger charge is -2.06. The SMILES string of the molecule is N#Cc1c2c(cc3ccccc13)CCC2. The number of nitriles is 1. The smallest absolute Gasteiger partial charge is 0.100 e. The Bertz CT molecular complexity index is 576. The van der Waals surface area contributed by atoms with E-state index in [9.17, 15) is 5.26 Å². The summed E-state index contributed by atoms with van der Waals surface area (Å²) in [5.41, 5.74) is 3.57. The van der Waals surface area contributed by atoms with Crippen molar-refractivity contribution in [1.82, 2.24) is 0 Å². The first-order chi connectivity index (χ1) is 7.40. The number of hydrogen-bond donors (Lipinski definition) is 0. The van der Waals surface area contributed by atoms with E-state index in [1.807, 2.05) is 18.2 Å². The summed E-state index contributed by atoms with van der Waals surface area (Å²) in [4.78, 5) is 0. The lowest BCUT2D eigenvalue weighted by Crippen LogP contribution is -1.90. The summed E-state index contributed by atoms with van der Waals surface area (Å²) in [6.45, 7) is 0. The standard InChI is InChI=1S/C14H11N/c15-9-14-12-6-2-1-4-10(12)8-11-5-3-7-13(11)14/h1-2,4,6,8H,3,5,7H2. The zero-order valence-corrected chi connectivity index (χ0v) is 8.46. The van der Waals surface area contributed by atoms with Crippen molar-refractivity contribution in [3.8, 4) is 6.07 Å². The average molecular weight is 193 g/mol. The lowest BCUT2D eigenvalue weighted by molar-refractivity contribution is 0.911. The minimum Gasteiger partial charge on any atom is -0.192 e. The van der Waals surface area contributed by atoms with Crippen molar-refractivity contribution >= 4 is 10.8 Å². The third-order valence-electron chi connectivity index (χ3n) is 3.23. The summed E-state index contributed by atoms with van der Waals surface area (Å²) in [5.74, 6) is 0. The molecule has 0 amide bonds. The maximum Gasteiger partial charge on any atom is 0.100 e. The highest BCUT2D eigenvalue weighted by molar-refractivity contribution is 5.90. The van der Waals surface area contributed by atoms with Gasteiger partial charge in [0, 0.05) is 0 Å². The number of hydrogen-bond acceptors (Lipinski definition) is 1. The van der Waals surface area contributed by atoms with Crippen molar-refractivity contribution in [2.45, 2.75) is 19.3 Å². The third kappa shape index (κ3) is 1.15. The normalized spacial score (nSPS) is 13.8. The summed E-state index contributed by atoms with van der Waals surface area (Å²) in [6.07, 6.45) is 3.40. The molecule has 0 radical (unpaired) electrons. The molecule has 2 aromatic rings. The first-order valence-corrected chi connectivity index (χ1v) is 5.34. The summed E-state index contributed by atoms with van der Waals surface area (Å²) in [5, 5.41) is 11.6. The third-order valence-corrected chi connectivity index (χ3v) is 3.23. The average Bonchev–Trinajstić information content (AvgIpc) is 2.73. The molecule has 0 spiro atoms. The van der Waals surface area contributed by atoms with Crippen LogP contribution in [0.2, 0.25) is 0 Å². The Balaban J connectivity index is 2.47. The predicted octanol–water partition coefficient (Wildman–Crippen LogP) is 3.20. The van der Waals surface area contributed by atoms with Crippen LogP contribution in [0.4, 0.5) is 0 Å². The predicted molar refractivity (Wildman–Crippen MR) is 60.7 cm³/mol. The van der Waals surface area contributed by atoms with Gasteiger partial charge >= 0.3 is 0 Å². The Kier molecular flexibility index (Phi) is 1.76. The van der Waals surface area contributed by atoms with Gasteiger partial charge in [0.2, 0.25) is 0 Å². The van der Waals surface area contributed by atoms with Crippen molar-refractivity contribution in [3.05, 3.63) is 47.0 Å². The molecule has 0 N–H and O–H groups in total. The van der Waals surface area contributed by atoms with Gasteiger partial charge in [0.15, 0.2) is 0 Å². The van der Waals surface area contributed by atoms with Crippen molar-refractivity contribution in [1.29, 1.82) is 5.26 Å². The van der Waals surface area contributed by atoms with Crippen molar-refractivity contribution in [2.24, 2.45) is 0 Å². The van der Waals surface area contributed by atoms with Gasteiger partial charge < -0.3 is 0 Å². The Morgan fingerprint density at radius 3 is 2.87 bits per heavy atom. The molecule has 0 heterocycles. The Morgan fingerprint density at radius 2 is 2.00 bits per heavy atom. The fourth-order valence-corrected chi connectivity index (χ4v) is 2.54. The monoisotopic (exact) mass is 193 g/mol. The summed E-state index contributed by atoms with van der Waals surface area (Å²) in [7, 11) is 0. The van der Waals surface area contributed by atoms with Crippen molar-refractivity contribution < 1.29 is 0 Å². The van der Waals surface area contributed by atoms with Crippen molar-refractivity contribution in [2.75, 3.05) is 0 Å². The van der Waals surface area contributed by atoms with Crippen LogP contribution in [-0.2, 0) is 12.8 Å². The molecule has 72 valence electrons. The van der Waals surface area contributed by atoms with E-state index in [1.54, 1.807) is 0 Å². The molecule has 0 saturated carbocycles. The largest absolute Gasteiger partial charge is 0.192 e. The van der Waals surface area contributed by atoms with E-state index in [-0.39, 0.29) is 0 Å². The highest BCUT2D eigenvalue weighted by Gasteiger charge is 2.17. The summed E-state index contributed by atoms with van der Waals surface area (Å²) < 4.78 is 0.